The van der Waals surface area contributed by atoms with E-state index in [0.717, 1.165) is 0 Å². The second-order valence-electron chi connectivity index (χ2n) is 3.18. The fourth-order valence-corrected chi connectivity index (χ4v) is 1.18. The maximum Gasteiger partial charge on any atom is 1.00 e. The zero-order chi connectivity index (χ0) is 13.1. The number of ether oxygens (including phenoxy) is 3. The van der Waals surface area contributed by atoms with Crippen molar-refractivity contribution in [1.82, 2.24) is 0 Å². The topological polar surface area (TPSA) is 102 Å². The van der Waals surface area contributed by atoms with Gasteiger partial charge >= 0.3 is 35.5 Å². The molecule has 7 nitrogen and oxygen atoms in total. The molecule has 0 spiro atoms. The van der Waals surface area contributed by atoms with Gasteiger partial charge in [0.05, 0.1) is 42.3 Å². The van der Waals surface area contributed by atoms with Crippen molar-refractivity contribution in [2.24, 2.45) is 0 Å². The molecule has 0 saturated carbocycles. The zero-order valence-electron chi connectivity index (χ0n) is 10.7. The minimum Gasteiger partial charge on any atom is -0.748 e. The van der Waals surface area contributed by atoms with Crippen molar-refractivity contribution in [2.45, 2.75) is 13.3 Å². The van der Waals surface area contributed by atoms with Gasteiger partial charge in [0.15, 0.2) is 0 Å². The van der Waals surface area contributed by atoms with Gasteiger partial charge in [0, 0.05) is 20.0 Å². The van der Waals surface area contributed by atoms with Crippen LogP contribution in [0.5, 0.6) is 0 Å². The van der Waals surface area contributed by atoms with Crippen LogP contribution < -0.4 is 29.6 Å². The van der Waals surface area contributed by atoms with Crippen LogP contribution in [-0.2, 0) is 29.1 Å². The molecule has 0 radical (unpaired) electrons. The van der Waals surface area contributed by atoms with E-state index in [2.05, 4.69) is 4.74 Å². The van der Waals surface area contributed by atoms with Gasteiger partial charge in [-0.2, -0.15) is 0 Å². The monoisotopic (exact) mass is 292 g/mol. The molecule has 0 aromatic carbocycles. The van der Waals surface area contributed by atoms with Gasteiger partial charge in [0.2, 0.25) is 0 Å². The molecule has 0 bridgehead atoms. The summed E-state index contributed by atoms with van der Waals surface area (Å²) in [5.41, 5.74) is 0. The first-order chi connectivity index (χ1) is 7.92. The molecule has 0 rings (SSSR count). The summed E-state index contributed by atoms with van der Waals surface area (Å²) >= 11 is 0. The van der Waals surface area contributed by atoms with Gasteiger partial charge in [-0.1, -0.05) is 0 Å². The quantitative estimate of drug-likeness (QED) is 0.178. The van der Waals surface area contributed by atoms with E-state index >= 15 is 0 Å². The predicted molar refractivity (Wildman–Crippen MR) is 57.5 cm³/mol. The molecule has 0 atom stereocenters. The Labute approximate surface area is 129 Å². The Kier molecular flexibility index (Phi) is 14.1. The third-order valence-electron chi connectivity index (χ3n) is 1.59. The Morgan fingerprint density at radius 1 is 1.06 bits per heavy atom. The van der Waals surface area contributed by atoms with E-state index in [-0.39, 0.29) is 48.7 Å². The fraction of sp³-hybridized carbons (Fsp3) is 0.889. The molecule has 0 N–H and O–H groups in total. The number of hydrogen-bond donors (Lipinski definition) is 0. The average molecular weight is 292 g/mol. The fourth-order valence-electron chi connectivity index (χ4n) is 0.860. The first-order valence-corrected chi connectivity index (χ1v) is 6.72. The molecule has 0 unspecified atom stereocenters. The smallest absolute Gasteiger partial charge is 0.748 e. The molecule has 0 fully saturated rings. The van der Waals surface area contributed by atoms with E-state index in [9.17, 15) is 17.8 Å². The van der Waals surface area contributed by atoms with Crippen LogP contribution in [0, 0.1) is 0 Å². The van der Waals surface area contributed by atoms with E-state index in [1.54, 1.807) is 0 Å². The Balaban J connectivity index is 0. The molecule has 0 aromatic rings. The Bertz CT molecular complexity index is 304. The molecular formula is C9H17NaO7S. The number of hydrogen-bond acceptors (Lipinski definition) is 7. The van der Waals surface area contributed by atoms with E-state index in [4.69, 9.17) is 9.47 Å². The van der Waals surface area contributed by atoms with Crippen molar-refractivity contribution in [1.29, 1.82) is 0 Å². The van der Waals surface area contributed by atoms with Gasteiger partial charge < -0.3 is 18.8 Å². The van der Waals surface area contributed by atoms with E-state index < -0.39 is 15.9 Å². The normalized spacial score (nSPS) is 10.8. The van der Waals surface area contributed by atoms with Crippen molar-refractivity contribution >= 4 is 16.1 Å². The molecule has 0 aliphatic rings. The number of rotatable bonds is 10. The van der Waals surface area contributed by atoms with Crippen LogP contribution in [0.1, 0.15) is 13.3 Å². The molecule has 0 aliphatic heterocycles. The summed E-state index contributed by atoms with van der Waals surface area (Å²) in [6, 6.07) is 0. The van der Waals surface area contributed by atoms with Crippen molar-refractivity contribution in [3.63, 3.8) is 0 Å². The Morgan fingerprint density at radius 3 is 2.11 bits per heavy atom. The molecule has 0 aliphatic carbocycles. The van der Waals surface area contributed by atoms with Gasteiger partial charge in [0.1, 0.15) is 0 Å². The number of esters is 1. The summed E-state index contributed by atoms with van der Waals surface area (Å²) in [6.07, 6.45) is 0.592. The summed E-state index contributed by atoms with van der Waals surface area (Å²) in [7, 11) is -4.20. The molecule has 102 valence electrons. The van der Waals surface area contributed by atoms with Crippen LogP contribution in [0.3, 0.4) is 0 Å². The second-order valence-corrected chi connectivity index (χ2v) is 4.70. The standard InChI is InChI=1S/C9H18O7S.Na/c1-9(10)16-4-2-3-14-5-6-15-7-8-17(11,12)13;/h2-8H2,1H3,(H,11,12,13);/q;+1/p-1. The summed E-state index contributed by atoms with van der Waals surface area (Å²) in [6.45, 7) is 2.48. The predicted octanol–water partition coefficient (Wildman–Crippen LogP) is -3.48. The third kappa shape index (κ3) is 18.7. The van der Waals surface area contributed by atoms with Crippen molar-refractivity contribution in [3.05, 3.63) is 0 Å². The Hall–Kier alpha value is 0.300. The SMILES string of the molecule is CC(=O)OCCCOCCOCCS(=O)(=O)[O-].[Na+]. The summed E-state index contributed by atoms with van der Waals surface area (Å²) in [5, 5.41) is 0. The summed E-state index contributed by atoms with van der Waals surface area (Å²) in [4.78, 5) is 10.4. The Morgan fingerprint density at radius 2 is 1.61 bits per heavy atom. The van der Waals surface area contributed by atoms with Crippen molar-refractivity contribution < 1.29 is 61.5 Å². The van der Waals surface area contributed by atoms with Gasteiger partial charge in [-0.05, 0) is 0 Å². The number of carbonyl (C=O) groups is 1. The van der Waals surface area contributed by atoms with Gasteiger partial charge in [-0.15, -0.1) is 0 Å². The molecule has 0 amide bonds. The van der Waals surface area contributed by atoms with Crippen molar-refractivity contribution in [2.75, 3.05) is 38.8 Å². The van der Waals surface area contributed by atoms with Crippen LogP contribution in [0.25, 0.3) is 0 Å². The molecule has 9 heteroatoms. The van der Waals surface area contributed by atoms with Gasteiger partial charge in [-0.25, -0.2) is 8.42 Å². The van der Waals surface area contributed by atoms with Crippen LogP contribution in [0.4, 0.5) is 0 Å². The second kappa shape index (κ2) is 12.3. The molecule has 0 saturated heterocycles. The third-order valence-corrected chi connectivity index (χ3v) is 2.25. The van der Waals surface area contributed by atoms with E-state index in [0.29, 0.717) is 26.2 Å². The van der Waals surface area contributed by atoms with Crippen LogP contribution >= 0.6 is 0 Å². The largest absolute Gasteiger partial charge is 1.00 e. The molecule has 0 heterocycles. The first kappa shape index (κ1) is 20.6. The molecular weight excluding hydrogens is 275 g/mol. The minimum absolute atomic E-state index is 0. The van der Waals surface area contributed by atoms with E-state index in [1.807, 2.05) is 0 Å². The first-order valence-electron chi connectivity index (χ1n) is 5.14. The van der Waals surface area contributed by atoms with E-state index in [1.165, 1.54) is 6.92 Å². The maximum absolute atomic E-state index is 10.4. The summed E-state index contributed by atoms with van der Waals surface area (Å²) in [5.74, 6) is -0.855. The van der Waals surface area contributed by atoms with Gasteiger partial charge in [-0.3, -0.25) is 4.79 Å². The van der Waals surface area contributed by atoms with Crippen LogP contribution in [0.2, 0.25) is 0 Å². The number of carbonyl (C=O) groups excluding carboxylic acids is 1. The molecule has 18 heavy (non-hydrogen) atoms. The summed E-state index contributed by atoms with van der Waals surface area (Å²) < 4.78 is 45.2. The zero-order valence-corrected chi connectivity index (χ0v) is 13.5. The average Bonchev–Trinajstić information content (AvgIpc) is 2.18. The van der Waals surface area contributed by atoms with Crippen LogP contribution in [0.15, 0.2) is 0 Å². The van der Waals surface area contributed by atoms with Gasteiger partial charge in [0.25, 0.3) is 0 Å². The van der Waals surface area contributed by atoms with Crippen LogP contribution in [-0.4, -0.2) is 57.7 Å². The minimum atomic E-state index is -4.20. The van der Waals surface area contributed by atoms with Crippen molar-refractivity contribution in [3.8, 4) is 0 Å². The molecule has 0 aromatic heterocycles. The maximum atomic E-state index is 10.4.